The van der Waals surface area contributed by atoms with Crippen molar-refractivity contribution in [1.29, 1.82) is 0 Å². The third-order valence-electron chi connectivity index (χ3n) is 3.15. The molecule has 24 heavy (non-hydrogen) atoms. The van der Waals surface area contributed by atoms with Crippen LogP contribution in [0.4, 0.5) is 8.78 Å². The summed E-state index contributed by atoms with van der Waals surface area (Å²) in [6, 6.07) is 8.06. The van der Waals surface area contributed by atoms with Gasteiger partial charge in [-0.1, -0.05) is 17.5 Å². The number of benzene rings is 1. The molecular weight excluding hydrogens is 451 g/mol. The topological polar surface area (TPSA) is 31.2 Å². The molecule has 0 N–H and O–H groups in total. The Morgan fingerprint density at radius 1 is 1.33 bits per heavy atom. The first-order chi connectivity index (χ1) is 11.4. The molecule has 0 aliphatic heterocycles. The largest absolute Gasteiger partial charge is 0.481 e. The van der Waals surface area contributed by atoms with E-state index in [-0.39, 0.29) is 6.61 Å². The quantitative estimate of drug-likeness (QED) is 0.485. The van der Waals surface area contributed by atoms with Crippen molar-refractivity contribution in [1.82, 2.24) is 4.57 Å². The van der Waals surface area contributed by atoms with E-state index in [4.69, 9.17) is 16.3 Å². The summed E-state index contributed by atoms with van der Waals surface area (Å²) in [7, 11) is 0. The fraction of sp³-hybridized carbons (Fsp3) is 0.235. The Balaban J connectivity index is 2.46. The summed E-state index contributed by atoms with van der Waals surface area (Å²) in [5.74, 6) is 5.98. The van der Waals surface area contributed by atoms with Crippen molar-refractivity contribution in [2.75, 3.05) is 6.61 Å². The van der Waals surface area contributed by atoms with Crippen LogP contribution in [0.15, 0.2) is 35.1 Å². The van der Waals surface area contributed by atoms with Crippen molar-refractivity contribution < 1.29 is 13.5 Å². The summed E-state index contributed by atoms with van der Waals surface area (Å²) >= 11 is 8.08. The van der Waals surface area contributed by atoms with E-state index in [0.29, 0.717) is 25.6 Å². The third kappa shape index (κ3) is 4.48. The van der Waals surface area contributed by atoms with E-state index in [1.165, 1.54) is 0 Å². The number of rotatable bonds is 5. The molecule has 3 nitrogen and oxygen atoms in total. The second-order valence-electron chi connectivity index (χ2n) is 4.73. The second-order valence-corrected chi connectivity index (χ2v) is 6.30. The maximum atomic E-state index is 12.8. The number of hydrogen-bond donors (Lipinski definition) is 0. The van der Waals surface area contributed by atoms with E-state index >= 15 is 0 Å². The molecule has 0 saturated heterocycles. The van der Waals surface area contributed by atoms with Crippen LogP contribution in [0.1, 0.15) is 6.92 Å². The Hall–Kier alpha value is -1.59. The van der Waals surface area contributed by atoms with E-state index in [9.17, 15) is 13.6 Å². The van der Waals surface area contributed by atoms with Crippen molar-refractivity contribution in [2.45, 2.75) is 19.9 Å². The Kier molecular flexibility index (Phi) is 6.63. The van der Waals surface area contributed by atoms with Gasteiger partial charge in [-0.15, -0.1) is 5.92 Å². The molecule has 1 heterocycles. The molecule has 0 saturated carbocycles. The van der Waals surface area contributed by atoms with Crippen LogP contribution in [-0.4, -0.2) is 17.6 Å². The molecule has 0 aliphatic carbocycles. The van der Waals surface area contributed by atoms with E-state index in [2.05, 4.69) is 11.8 Å². The van der Waals surface area contributed by atoms with Crippen LogP contribution in [0, 0.1) is 15.4 Å². The minimum atomic E-state index is -2.64. The molecule has 0 unspecified atom stereocenters. The first-order valence-corrected chi connectivity index (χ1v) is 8.39. The van der Waals surface area contributed by atoms with Crippen LogP contribution in [0.3, 0.4) is 0 Å². The Labute approximate surface area is 156 Å². The van der Waals surface area contributed by atoms with E-state index in [0.717, 1.165) is 4.57 Å². The standard InChI is InChI=1S/C17H13ClF2INO2/c1-2-3-8-24-11-4-5-12(13(18)9-11)15-7-6-14(21)17(23)22(15)10-16(19)20/h4-7,9,16H,8,10H2,1H3. The van der Waals surface area contributed by atoms with Gasteiger partial charge in [0.05, 0.1) is 20.8 Å². The van der Waals surface area contributed by atoms with Gasteiger partial charge in [0.25, 0.3) is 12.0 Å². The van der Waals surface area contributed by atoms with E-state index in [1.807, 2.05) is 22.6 Å². The second kappa shape index (κ2) is 8.49. The van der Waals surface area contributed by atoms with Gasteiger partial charge in [-0.3, -0.25) is 4.79 Å². The summed E-state index contributed by atoms with van der Waals surface area (Å²) in [5, 5.41) is 0.306. The average Bonchev–Trinajstić information content (AvgIpc) is 2.53. The fourth-order valence-corrected chi connectivity index (χ4v) is 2.83. The Bertz CT molecular complexity index is 856. The number of aromatic nitrogens is 1. The summed E-state index contributed by atoms with van der Waals surface area (Å²) in [6.45, 7) is 1.25. The first kappa shape index (κ1) is 18.7. The molecule has 0 aliphatic rings. The highest BCUT2D eigenvalue weighted by molar-refractivity contribution is 14.1. The van der Waals surface area contributed by atoms with Gasteiger partial charge in [0.2, 0.25) is 0 Å². The lowest BCUT2D eigenvalue weighted by Crippen LogP contribution is -2.26. The zero-order chi connectivity index (χ0) is 17.7. The number of ether oxygens (including phenoxy) is 1. The number of nitrogens with zero attached hydrogens (tertiary/aromatic N) is 1. The highest BCUT2D eigenvalue weighted by Gasteiger charge is 2.16. The molecule has 126 valence electrons. The van der Waals surface area contributed by atoms with Gasteiger partial charge in [-0.25, -0.2) is 8.78 Å². The lowest BCUT2D eigenvalue weighted by atomic mass is 10.1. The molecule has 0 amide bonds. The minimum absolute atomic E-state index is 0.228. The monoisotopic (exact) mass is 463 g/mol. The lowest BCUT2D eigenvalue weighted by Gasteiger charge is -2.15. The molecule has 2 rings (SSSR count). The number of halogens is 4. The molecule has 7 heteroatoms. The summed E-state index contributed by atoms with van der Waals surface area (Å²) in [5.41, 5.74) is 0.355. The van der Waals surface area contributed by atoms with Gasteiger partial charge in [0, 0.05) is 5.56 Å². The minimum Gasteiger partial charge on any atom is -0.481 e. The predicted molar refractivity (Wildman–Crippen MR) is 98.8 cm³/mol. The molecule has 0 fully saturated rings. The third-order valence-corrected chi connectivity index (χ3v) is 4.29. The zero-order valence-electron chi connectivity index (χ0n) is 12.7. The molecule has 0 atom stereocenters. The van der Waals surface area contributed by atoms with Gasteiger partial charge in [-0.2, -0.15) is 0 Å². The van der Waals surface area contributed by atoms with Gasteiger partial charge < -0.3 is 9.30 Å². The van der Waals surface area contributed by atoms with Gasteiger partial charge in [0.15, 0.2) is 0 Å². The van der Waals surface area contributed by atoms with Gasteiger partial charge in [-0.05, 0) is 59.8 Å². The lowest BCUT2D eigenvalue weighted by molar-refractivity contribution is 0.125. The highest BCUT2D eigenvalue weighted by Crippen LogP contribution is 2.31. The Morgan fingerprint density at radius 3 is 2.71 bits per heavy atom. The summed E-state index contributed by atoms with van der Waals surface area (Å²) in [6.07, 6.45) is -2.64. The van der Waals surface area contributed by atoms with Crippen LogP contribution in [0.2, 0.25) is 5.02 Å². The van der Waals surface area contributed by atoms with Crippen molar-refractivity contribution in [3.05, 3.63) is 49.3 Å². The molecular formula is C17H13ClF2INO2. The predicted octanol–water partition coefficient (Wildman–Crippen LogP) is 4.44. The van der Waals surface area contributed by atoms with Crippen LogP contribution < -0.4 is 10.3 Å². The average molecular weight is 464 g/mol. The molecule has 0 radical (unpaired) electrons. The Morgan fingerprint density at radius 2 is 2.08 bits per heavy atom. The molecule has 0 bridgehead atoms. The van der Waals surface area contributed by atoms with Gasteiger partial charge >= 0.3 is 0 Å². The smallest absolute Gasteiger partial charge is 0.264 e. The zero-order valence-corrected chi connectivity index (χ0v) is 15.6. The number of alkyl halides is 2. The summed E-state index contributed by atoms with van der Waals surface area (Å²) in [4.78, 5) is 12.2. The van der Waals surface area contributed by atoms with Crippen molar-refractivity contribution in [3.63, 3.8) is 0 Å². The number of hydrogen-bond acceptors (Lipinski definition) is 2. The van der Waals surface area contributed by atoms with E-state index in [1.54, 1.807) is 37.3 Å². The van der Waals surface area contributed by atoms with E-state index < -0.39 is 18.5 Å². The van der Waals surface area contributed by atoms with Crippen molar-refractivity contribution in [2.24, 2.45) is 0 Å². The van der Waals surface area contributed by atoms with Crippen LogP contribution in [0.5, 0.6) is 5.75 Å². The SMILES string of the molecule is CC#CCOc1ccc(-c2ccc(I)c(=O)n2CC(F)F)c(Cl)c1. The summed E-state index contributed by atoms with van der Waals surface area (Å²) < 4.78 is 32.5. The molecule has 2 aromatic rings. The van der Waals surface area contributed by atoms with Crippen molar-refractivity contribution in [3.8, 4) is 28.8 Å². The molecule has 1 aromatic carbocycles. The van der Waals surface area contributed by atoms with Crippen LogP contribution in [-0.2, 0) is 6.54 Å². The molecule has 1 aromatic heterocycles. The maximum Gasteiger partial charge on any atom is 0.264 e. The highest BCUT2D eigenvalue weighted by atomic mass is 127. The number of pyridine rings is 1. The first-order valence-electron chi connectivity index (χ1n) is 6.94. The van der Waals surface area contributed by atoms with Gasteiger partial charge in [0.1, 0.15) is 12.4 Å². The maximum absolute atomic E-state index is 12.8. The normalized spacial score (nSPS) is 10.4. The molecule has 0 spiro atoms. The van der Waals surface area contributed by atoms with Crippen molar-refractivity contribution >= 4 is 34.2 Å². The van der Waals surface area contributed by atoms with Crippen LogP contribution >= 0.6 is 34.2 Å². The van der Waals surface area contributed by atoms with Crippen LogP contribution in [0.25, 0.3) is 11.3 Å². The fourth-order valence-electron chi connectivity index (χ4n) is 2.09.